The summed E-state index contributed by atoms with van der Waals surface area (Å²) in [6.07, 6.45) is 2.74. The molecule has 0 unspecified atom stereocenters. The fourth-order valence-electron chi connectivity index (χ4n) is 3.15. The van der Waals surface area contributed by atoms with E-state index in [1.165, 1.54) is 16.8 Å². The van der Waals surface area contributed by atoms with Gasteiger partial charge >= 0.3 is 6.03 Å². The number of rotatable bonds is 3. The number of aromatic nitrogens is 2. The molecule has 3 aromatic rings. The van der Waals surface area contributed by atoms with E-state index in [0.717, 1.165) is 0 Å². The second-order valence-electron chi connectivity index (χ2n) is 6.59. The van der Waals surface area contributed by atoms with E-state index in [9.17, 15) is 14.4 Å². The molecule has 0 bridgehead atoms. The number of carbonyl (C=O) groups is 2. The number of nitrogens with zero attached hydrogens (tertiary/aromatic N) is 3. The number of halogens is 1. The molecule has 1 fully saturated rings. The lowest BCUT2D eigenvalue weighted by atomic mass is 10.2. The summed E-state index contributed by atoms with van der Waals surface area (Å²) in [6.45, 7) is 1.90. The van der Waals surface area contributed by atoms with E-state index in [-0.39, 0.29) is 17.2 Å². The molecule has 1 aliphatic heterocycles. The molecule has 2 aromatic heterocycles. The number of benzene rings is 1. The molecule has 0 radical (unpaired) electrons. The lowest BCUT2D eigenvalue weighted by Gasteiger charge is -2.27. The Balaban J connectivity index is 1.59. The van der Waals surface area contributed by atoms with Crippen LogP contribution in [0, 0.1) is 0 Å². The number of urea groups is 1. The van der Waals surface area contributed by atoms with Crippen LogP contribution < -0.4 is 16.2 Å². The molecule has 0 atom stereocenters. The molecule has 154 valence electrons. The SMILES string of the molecule is O=C(Nc1cccc(Cl)c1)Nc1cnc2c(C(=O)N3CCOCC3)cccn2c1=O. The predicted molar refractivity (Wildman–Crippen MR) is 112 cm³/mol. The van der Waals surface area contributed by atoms with Gasteiger partial charge in [-0.05, 0) is 30.3 Å². The van der Waals surface area contributed by atoms with Crippen LogP contribution in [0.15, 0.2) is 53.6 Å². The number of anilines is 2. The van der Waals surface area contributed by atoms with E-state index in [1.807, 2.05) is 0 Å². The van der Waals surface area contributed by atoms with Crippen LogP contribution in [0.3, 0.4) is 0 Å². The summed E-state index contributed by atoms with van der Waals surface area (Å²) in [5.74, 6) is -0.220. The molecule has 4 rings (SSSR count). The molecule has 2 N–H and O–H groups in total. The van der Waals surface area contributed by atoms with Gasteiger partial charge in [0.15, 0.2) is 5.65 Å². The Kier molecular flexibility index (Phi) is 5.64. The summed E-state index contributed by atoms with van der Waals surface area (Å²) < 4.78 is 6.51. The fourth-order valence-corrected chi connectivity index (χ4v) is 3.34. The molecule has 1 saturated heterocycles. The first-order valence-electron chi connectivity index (χ1n) is 9.24. The molecular formula is C20H18ClN5O4. The van der Waals surface area contributed by atoms with Crippen molar-refractivity contribution in [1.29, 1.82) is 0 Å². The molecular weight excluding hydrogens is 410 g/mol. The Morgan fingerprint density at radius 1 is 1.10 bits per heavy atom. The van der Waals surface area contributed by atoms with Crippen molar-refractivity contribution in [2.45, 2.75) is 0 Å². The van der Waals surface area contributed by atoms with E-state index in [2.05, 4.69) is 15.6 Å². The fraction of sp³-hybridized carbons (Fsp3) is 0.200. The molecule has 1 aliphatic rings. The number of nitrogens with one attached hydrogen (secondary N) is 2. The molecule has 0 saturated carbocycles. The van der Waals surface area contributed by atoms with Gasteiger partial charge in [0.1, 0.15) is 5.69 Å². The molecule has 3 amide bonds. The smallest absolute Gasteiger partial charge is 0.323 e. The Labute approximate surface area is 176 Å². The number of hydrogen-bond acceptors (Lipinski definition) is 5. The van der Waals surface area contributed by atoms with E-state index in [0.29, 0.717) is 42.6 Å². The van der Waals surface area contributed by atoms with Crippen molar-refractivity contribution in [3.63, 3.8) is 0 Å². The quantitative estimate of drug-likeness (QED) is 0.668. The van der Waals surface area contributed by atoms with Gasteiger partial charge in [0.2, 0.25) is 0 Å². The molecule has 0 aliphatic carbocycles. The third-order valence-electron chi connectivity index (χ3n) is 4.59. The number of pyridine rings is 1. The maximum absolute atomic E-state index is 12.8. The Bertz CT molecular complexity index is 1170. The zero-order valence-electron chi connectivity index (χ0n) is 15.8. The van der Waals surface area contributed by atoms with Crippen molar-refractivity contribution in [1.82, 2.24) is 14.3 Å². The zero-order chi connectivity index (χ0) is 21.1. The standard InChI is InChI=1S/C20H18ClN5O4/c21-13-3-1-4-14(11-13)23-20(29)24-16-12-22-17-15(5-2-6-26(17)19(16)28)18(27)25-7-9-30-10-8-25/h1-6,11-12H,7-10H2,(H2,23,24,29). The molecule has 9 nitrogen and oxygen atoms in total. The highest BCUT2D eigenvalue weighted by molar-refractivity contribution is 6.30. The van der Waals surface area contributed by atoms with Crippen LogP contribution in [-0.2, 0) is 4.74 Å². The molecule has 10 heteroatoms. The maximum Gasteiger partial charge on any atom is 0.323 e. The van der Waals surface area contributed by atoms with Crippen molar-refractivity contribution < 1.29 is 14.3 Å². The molecule has 0 spiro atoms. The first-order chi connectivity index (χ1) is 14.5. The second kappa shape index (κ2) is 8.52. The lowest BCUT2D eigenvalue weighted by molar-refractivity contribution is 0.0303. The van der Waals surface area contributed by atoms with E-state index in [1.54, 1.807) is 41.3 Å². The summed E-state index contributed by atoms with van der Waals surface area (Å²) in [6, 6.07) is 9.23. The molecule has 30 heavy (non-hydrogen) atoms. The highest BCUT2D eigenvalue weighted by Crippen LogP contribution is 2.16. The Morgan fingerprint density at radius 2 is 1.90 bits per heavy atom. The highest BCUT2D eigenvalue weighted by Gasteiger charge is 2.22. The van der Waals surface area contributed by atoms with Crippen LogP contribution in [0.4, 0.5) is 16.2 Å². The predicted octanol–water partition coefficient (Wildman–Crippen LogP) is 2.46. The summed E-state index contributed by atoms with van der Waals surface area (Å²) >= 11 is 5.90. The van der Waals surface area contributed by atoms with Gasteiger partial charge in [-0.2, -0.15) is 0 Å². The van der Waals surface area contributed by atoms with Gasteiger partial charge in [-0.25, -0.2) is 9.78 Å². The normalized spacial score (nSPS) is 13.8. The summed E-state index contributed by atoms with van der Waals surface area (Å²) in [4.78, 5) is 43.8. The zero-order valence-corrected chi connectivity index (χ0v) is 16.6. The number of amides is 3. The minimum atomic E-state index is -0.614. The van der Waals surface area contributed by atoms with E-state index < -0.39 is 11.6 Å². The highest BCUT2D eigenvalue weighted by atomic mass is 35.5. The largest absolute Gasteiger partial charge is 0.378 e. The minimum absolute atomic E-state index is 0.0250. The van der Waals surface area contributed by atoms with Crippen LogP contribution in [0.1, 0.15) is 10.4 Å². The van der Waals surface area contributed by atoms with Gasteiger partial charge in [0, 0.05) is 30.0 Å². The maximum atomic E-state index is 12.8. The Hall–Kier alpha value is -3.43. The first-order valence-corrected chi connectivity index (χ1v) is 9.62. The van der Waals surface area contributed by atoms with Crippen molar-refractivity contribution >= 4 is 40.6 Å². The van der Waals surface area contributed by atoms with E-state index in [4.69, 9.17) is 16.3 Å². The third-order valence-corrected chi connectivity index (χ3v) is 4.83. The topological polar surface area (TPSA) is 105 Å². The van der Waals surface area contributed by atoms with Crippen molar-refractivity contribution in [3.05, 3.63) is 69.7 Å². The average molecular weight is 428 g/mol. The van der Waals surface area contributed by atoms with Gasteiger partial charge in [-0.15, -0.1) is 0 Å². The number of carbonyl (C=O) groups excluding carboxylic acids is 2. The number of morpholine rings is 1. The van der Waals surface area contributed by atoms with Gasteiger partial charge < -0.3 is 20.3 Å². The Morgan fingerprint density at radius 3 is 2.67 bits per heavy atom. The summed E-state index contributed by atoms with van der Waals surface area (Å²) in [5.41, 5.74) is 0.485. The van der Waals surface area contributed by atoms with Gasteiger partial charge in [0.25, 0.3) is 11.5 Å². The van der Waals surface area contributed by atoms with Crippen LogP contribution in [0.2, 0.25) is 5.02 Å². The second-order valence-corrected chi connectivity index (χ2v) is 7.02. The van der Waals surface area contributed by atoms with Crippen LogP contribution in [-0.4, -0.2) is 52.5 Å². The van der Waals surface area contributed by atoms with Crippen LogP contribution in [0.25, 0.3) is 5.65 Å². The summed E-state index contributed by atoms with van der Waals surface area (Å²) in [7, 11) is 0. The van der Waals surface area contributed by atoms with Crippen molar-refractivity contribution in [2.24, 2.45) is 0 Å². The van der Waals surface area contributed by atoms with E-state index >= 15 is 0 Å². The number of hydrogen-bond donors (Lipinski definition) is 2. The first kappa shape index (κ1) is 19.9. The third kappa shape index (κ3) is 4.12. The monoisotopic (exact) mass is 427 g/mol. The summed E-state index contributed by atoms with van der Waals surface area (Å²) in [5, 5.41) is 5.55. The van der Waals surface area contributed by atoms with Crippen LogP contribution >= 0.6 is 11.6 Å². The average Bonchev–Trinajstić information content (AvgIpc) is 2.75. The number of ether oxygens (including phenoxy) is 1. The lowest BCUT2D eigenvalue weighted by Crippen LogP contribution is -2.41. The van der Waals surface area contributed by atoms with Crippen LogP contribution in [0.5, 0.6) is 0 Å². The van der Waals surface area contributed by atoms with Gasteiger partial charge in [-0.3, -0.25) is 14.0 Å². The van der Waals surface area contributed by atoms with Crippen molar-refractivity contribution in [3.8, 4) is 0 Å². The van der Waals surface area contributed by atoms with Crippen molar-refractivity contribution in [2.75, 3.05) is 36.9 Å². The molecule has 1 aromatic carbocycles. The molecule has 3 heterocycles. The van der Waals surface area contributed by atoms with Gasteiger partial charge in [-0.1, -0.05) is 17.7 Å². The number of fused-ring (bicyclic) bond motifs is 1. The minimum Gasteiger partial charge on any atom is -0.378 e. The van der Waals surface area contributed by atoms with Gasteiger partial charge in [0.05, 0.1) is 25.0 Å².